The zero-order chi connectivity index (χ0) is 18.3. The molecule has 2 atom stereocenters. The van der Waals surface area contributed by atoms with Crippen molar-refractivity contribution in [1.29, 1.82) is 0 Å². The Balaban J connectivity index is 1.80. The predicted octanol–water partition coefficient (Wildman–Crippen LogP) is 1.75. The molecule has 7 heteroatoms. The van der Waals surface area contributed by atoms with Crippen molar-refractivity contribution < 1.29 is 0 Å². The Hall–Kier alpha value is -2.51. The lowest BCUT2D eigenvalue weighted by atomic mass is 10.1. The lowest BCUT2D eigenvalue weighted by Crippen LogP contribution is -2.54. The number of nitrogens with two attached hydrogens (primary N) is 1. The second-order valence-electron chi connectivity index (χ2n) is 7.12. The van der Waals surface area contributed by atoms with E-state index in [0.717, 1.165) is 47.2 Å². The molecular weight excluding hydrogens is 326 g/mol. The highest BCUT2D eigenvalue weighted by molar-refractivity contribution is 5.67. The zero-order valence-electron chi connectivity index (χ0n) is 15.5. The largest absolute Gasteiger partial charge is 0.352 e. The summed E-state index contributed by atoms with van der Waals surface area (Å²) >= 11 is 0. The molecule has 3 aromatic rings. The number of piperazine rings is 1. The van der Waals surface area contributed by atoms with Gasteiger partial charge in [-0.3, -0.25) is 4.98 Å². The first-order valence-corrected chi connectivity index (χ1v) is 9.08. The van der Waals surface area contributed by atoms with Crippen molar-refractivity contribution in [2.45, 2.75) is 39.4 Å². The lowest BCUT2D eigenvalue weighted by Gasteiger charge is -2.36. The van der Waals surface area contributed by atoms with Crippen molar-refractivity contribution >= 4 is 11.5 Å². The van der Waals surface area contributed by atoms with Gasteiger partial charge in [-0.2, -0.15) is 0 Å². The minimum absolute atomic E-state index is 0.416. The summed E-state index contributed by atoms with van der Waals surface area (Å²) in [6, 6.07) is 8.98. The van der Waals surface area contributed by atoms with Crippen LogP contribution in [0.5, 0.6) is 0 Å². The number of aryl methyl sites for hydroxylation is 1. The van der Waals surface area contributed by atoms with E-state index < -0.39 is 0 Å². The molecule has 1 aliphatic rings. The number of nitrogens with one attached hydrogen (secondary N) is 1. The van der Waals surface area contributed by atoms with Crippen LogP contribution in [0.2, 0.25) is 0 Å². The van der Waals surface area contributed by atoms with Crippen molar-refractivity contribution in [3.63, 3.8) is 0 Å². The summed E-state index contributed by atoms with van der Waals surface area (Å²) in [6.45, 7) is 8.73. The summed E-state index contributed by atoms with van der Waals surface area (Å²) in [4.78, 5) is 11.3. The van der Waals surface area contributed by atoms with Crippen LogP contribution in [0.15, 0.2) is 30.5 Å². The average molecular weight is 351 g/mol. The number of hydrogen-bond donors (Lipinski definition) is 2. The van der Waals surface area contributed by atoms with Gasteiger partial charge >= 0.3 is 0 Å². The van der Waals surface area contributed by atoms with E-state index in [1.165, 1.54) is 0 Å². The summed E-state index contributed by atoms with van der Waals surface area (Å²) in [6.07, 6.45) is 1.79. The van der Waals surface area contributed by atoms with Gasteiger partial charge in [-0.1, -0.05) is 0 Å². The average Bonchev–Trinajstić information content (AvgIpc) is 2.95. The number of hydrogen-bond acceptors (Lipinski definition) is 6. The normalized spacial score (nSPS) is 20.7. The molecule has 0 radical (unpaired) electrons. The number of imidazole rings is 1. The summed E-state index contributed by atoms with van der Waals surface area (Å²) < 4.78 is 1.94. The zero-order valence-corrected chi connectivity index (χ0v) is 15.5. The van der Waals surface area contributed by atoms with E-state index in [1.54, 1.807) is 6.20 Å². The summed E-state index contributed by atoms with van der Waals surface area (Å²) in [5.41, 5.74) is 10.5. The molecule has 0 amide bonds. The van der Waals surface area contributed by atoms with E-state index in [9.17, 15) is 0 Å². The minimum Gasteiger partial charge on any atom is -0.352 e. The Morgan fingerprint density at radius 1 is 1.19 bits per heavy atom. The van der Waals surface area contributed by atoms with Crippen LogP contribution in [0.3, 0.4) is 0 Å². The molecule has 26 heavy (non-hydrogen) atoms. The van der Waals surface area contributed by atoms with Gasteiger partial charge in [-0.15, -0.1) is 5.10 Å². The fourth-order valence-electron chi connectivity index (χ4n) is 3.78. The monoisotopic (exact) mass is 351 g/mol. The molecule has 3 aromatic heterocycles. The van der Waals surface area contributed by atoms with Gasteiger partial charge in [0.2, 0.25) is 0 Å². The molecule has 136 valence electrons. The molecule has 0 aromatic carbocycles. The summed E-state index contributed by atoms with van der Waals surface area (Å²) in [5, 5.41) is 8.48. The Kier molecular flexibility index (Phi) is 4.34. The van der Waals surface area contributed by atoms with E-state index in [4.69, 9.17) is 10.8 Å². The van der Waals surface area contributed by atoms with Gasteiger partial charge in [-0.25, -0.2) is 9.50 Å². The first-order chi connectivity index (χ1) is 12.5. The maximum atomic E-state index is 5.76. The predicted molar refractivity (Wildman–Crippen MR) is 103 cm³/mol. The molecule has 7 nitrogen and oxygen atoms in total. The van der Waals surface area contributed by atoms with Gasteiger partial charge in [0.1, 0.15) is 5.82 Å². The van der Waals surface area contributed by atoms with Crippen LogP contribution in [0, 0.1) is 6.92 Å². The second-order valence-corrected chi connectivity index (χ2v) is 7.12. The Morgan fingerprint density at radius 2 is 1.96 bits per heavy atom. The molecule has 1 aliphatic heterocycles. The van der Waals surface area contributed by atoms with Crippen LogP contribution in [-0.2, 0) is 6.54 Å². The Morgan fingerprint density at radius 3 is 2.69 bits per heavy atom. The van der Waals surface area contributed by atoms with Crippen molar-refractivity contribution in [2.24, 2.45) is 5.73 Å². The molecule has 4 rings (SSSR count). The third-order valence-corrected chi connectivity index (χ3v) is 4.82. The van der Waals surface area contributed by atoms with Crippen LogP contribution in [-0.4, -0.2) is 44.8 Å². The summed E-state index contributed by atoms with van der Waals surface area (Å²) in [7, 11) is 0. The number of aromatic nitrogens is 4. The third kappa shape index (κ3) is 3.04. The summed E-state index contributed by atoms with van der Waals surface area (Å²) in [5.74, 6) is 0.976. The minimum atomic E-state index is 0.416. The van der Waals surface area contributed by atoms with Crippen molar-refractivity contribution in [3.8, 4) is 11.3 Å². The third-order valence-electron chi connectivity index (χ3n) is 4.82. The van der Waals surface area contributed by atoms with E-state index >= 15 is 0 Å². The number of nitrogens with zero attached hydrogens (tertiary/aromatic N) is 5. The van der Waals surface area contributed by atoms with Crippen LogP contribution >= 0.6 is 0 Å². The van der Waals surface area contributed by atoms with E-state index in [2.05, 4.69) is 40.1 Å². The molecule has 0 unspecified atom stereocenters. The molecule has 1 fully saturated rings. The highest BCUT2D eigenvalue weighted by Crippen LogP contribution is 2.26. The van der Waals surface area contributed by atoms with Crippen LogP contribution < -0.4 is 16.0 Å². The van der Waals surface area contributed by atoms with Crippen molar-refractivity contribution in [3.05, 3.63) is 41.9 Å². The van der Waals surface area contributed by atoms with E-state index in [0.29, 0.717) is 18.6 Å². The molecule has 1 saturated heterocycles. The fraction of sp³-hybridized carbons (Fsp3) is 0.421. The SMILES string of the molecule is Cc1nc2ccc(N3C[C@@H](C)N[C@@H](C)C3)nn2c1-c1ccnc(CN)c1. The highest BCUT2D eigenvalue weighted by atomic mass is 15.4. The Bertz CT molecular complexity index is 923. The van der Waals surface area contributed by atoms with Gasteiger partial charge in [0.15, 0.2) is 5.65 Å². The van der Waals surface area contributed by atoms with Gasteiger partial charge in [0.25, 0.3) is 0 Å². The van der Waals surface area contributed by atoms with E-state index in [1.807, 2.05) is 29.6 Å². The van der Waals surface area contributed by atoms with Gasteiger partial charge in [0.05, 0.1) is 17.1 Å². The van der Waals surface area contributed by atoms with Crippen LogP contribution in [0.1, 0.15) is 25.2 Å². The smallest absolute Gasteiger partial charge is 0.154 e. The first-order valence-electron chi connectivity index (χ1n) is 9.08. The highest BCUT2D eigenvalue weighted by Gasteiger charge is 2.23. The van der Waals surface area contributed by atoms with Crippen molar-refractivity contribution in [1.82, 2.24) is 24.9 Å². The quantitative estimate of drug-likeness (QED) is 0.748. The van der Waals surface area contributed by atoms with Crippen LogP contribution in [0.4, 0.5) is 5.82 Å². The number of fused-ring (bicyclic) bond motifs is 1. The van der Waals surface area contributed by atoms with Crippen LogP contribution in [0.25, 0.3) is 16.9 Å². The van der Waals surface area contributed by atoms with E-state index in [-0.39, 0.29) is 0 Å². The first kappa shape index (κ1) is 16.9. The lowest BCUT2D eigenvalue weighted by molar-refractivity contribution is 0.404. The molecule has 4 heterocycles. The molecule has 0 aliphatic carbocycles. The molecule has 0 spiro atoms. The molecular formula is C19H25N7. The number of rotatable bonds is 3. The number of anilines is 1. The maximum Gasteiger partial charge on any atom is 0.154 e. The second kappa shape index (κ2) is 6.66. The topological polar surface area (TPSA) is 84.4 Å². The molecule has 3 N–H and O–H groups in total. The van der Waals surface area contributed by atoms with Crippen molar-refractivity contribution in [2.75, 3.05) is 18.0 Å². The molecule has 0 saturated carbocycles. The number of pyridine rings is 1. The van der Waals surface area contributed by atoms with Gasteiger partial charge in [-0.05, 0) is 45.0 Å². The van der Waals surface area contributed by atoms with Gasteiger partial charge in [0, 0.05) is 43.5 Å². The van der Waals surface area contributed by atoms with Gasteiger partial charge < -0.3 is 16.0 Å². The molecule has 0 bridgehead atoms. The standard InChI is InChI=1S/C19H25N7/c1-12-10-25(11-13(2)22-12)18-5-4-17-23-14(3)19(26(17)24-18)15-6-7-21-16(8-15)9-20/h4-8,12-13,22H,9-11,20H2,1-3H3/t12-,13+. The fourth-order valence-corrected chi connectivity index (χ4v) is 3.78. The Labute approximate surface area is 153 Å². The maximum absolute atomic E-state index is 5.76.